The summed E-state index contributed by atoms with van der Waals surface area (Å²) in [5, 5.41) is 8.07. The number of hydrogen-bond donors (Lipinski definition) is 2. The van der Waals surface area contributed by atoms with E-state index in [-0.39, 0.29) is 5.56 Å². The third-order valence-electron chi connectivity index (χ3n) is 6.40. The monoisotopic (exact) mass is 423 g/mol. The predicted octanol–water partition coefficient (Wildman–Crippen LogP) is 4.42. The van der Waals surface area contributed by atoms with Crippen molar-refractivity contribution in [3.8, 4) is 11.3 Å². The fourth-order valence-corrected chi connectivity index (χ4v) is 4.87. The molecule has 2 aromatic heterocycles. The van der Waals surface area contributed by atoms with Gasteiger partial charge in [0.1, 0.15) is 5.82 Å². The van der Waals surface area contributed by atoms with Crippen LogP contribution in [-0.2, 0) is 19.5 Å². The van der Waals surface area contributed by atoms with Gasteiger partial charge < -0.3 is 4.98 Å². The summed E-state index contributed by atoms with van der Waals surface area (Å²) in [6, 6.07) is 7.75. The zero-order chi connectivity index (χ0) is 20.5. The molecule has 1 fully saturated rings. The summed E-state index contributed by atoms with van der Waals surface area (Å²) in [5.41, 5.74) is 5.01. The summed E-state index contributed by atoms with van der Waals surface area (Å²) < 4.78 is 0. The highest BCUT2D eigenvalue weighted by atomic mass is 35.5. The van der Waals surface area contributed by atoms with Crippen LogP contribution in [0.25, 0.3) is 11.3 Å². The van der Waals surface area contributed by atoms with Crippen LogP contribution in [0.5, 0.6) is 0 Å². The molecule has 0 unspecified atom stereocenters. The second-order valence-electron chi connectivity index (χ2n) is 8.45. The van der Waals surface area contributed by atoms with E-state index < -0.39 is 0 Å². The Hall–Kier alpha value is -2.44. The lowest BCUT2D eigenvalue weighted by Gasteiger charge is -2.28. The highest BCUT2D eigenvalue weighted by Crippen LogP contribution is 2.31. The number of H-pyrrole nitrogens is 2. The zero-order valence-corrected chi connectivity index (χ0v) is 17.7. The Labute approximate surface area is 180 Å². The number of benzene rings is 1. The molecular weight excluding hydrogens is 398 g/mol. The molecule has 7 heteroatoms. The van der Waals surface area contributed by atoms with E-state index in [1.54, 1.807) is 0 Å². The van der Waals surface area contributed by atoms with Gasteiger partial charge in [-0.1, -0.05) is 43.0 Å². The van der Waals surface area contributed by atoms with Gasteiger partial charge in [0.05, 0.1) is 23.1 Å². The molecule has 0 atom stereocenters. The van der Waals surface area contributed by atoms with Gasteiger partial charge in [-0.3, -0.25) is 14.8 Å². The molecule has 1 saturated carbocycles. The summed E-state index contributed by atoms with van der Waals surface area (Å²) in [5.74, 6) is 1.33. The largest absolute Gasteiger partial charge is 0.310 e. The van der Waals surface area contributed by atoms with Crippen LogP contribution in [0.4, 0.5) is 0 Å². The number of aromatic nitrogens is 4. The number of nitrogens with zero attached hydrogens (tertiary/aromatic N) is 3. The van der Waals surface area contributed by atoms with Gasteiger partial charge in [-0.25, -0.2) is 4.98 Å². The molecule has 3 heterocycles. The topological polar surface area (TPSA) is 77.7 Å². The second-order valence-corrected chi connectivity index (χ2v) is 8.89. The van der Waals surface area contributed by atoms with E-state index in [0.29, 0.717) is 17.5 Å². The highest BCUT2D eigenvalue weighted by Gasteiger charge is 2.25. The zero-order valence-electron chi connectivity index (χ0n) is 17.0. The molecule has 5 rings (SSSR count). The smallest absolute Gasteiger partial charge is 0.255 e. The van der Waals surface area contributed by atoms with Crippen molar-refractivity contribution < 1.29 is 0 Å². The van der Waals surface area contributed by atoms with E-state index in [1.165, 1.54) is 19.3 Å². The van der Waals surface area contributed by atoms with Crippen molar-refractivity contribution in [2.75, 3.05) is 6.54 Å². The van der Waals surface area contributed by atoms with Gasteiger partial charge in [0.2, 0.25) is 0 Å². The number of nitrogens with one attached hydrogen (secondary N) is 2. The Bertz CT molecular complexity index is 1080. The van der Waals surface area contributed by atoms with Crippen molar-refractivity contribution in [3.05, 3.63) is 68.5 Å². The third kappa shape index (κ3) is 3.94. The first-order valence-corrected chi connectivity index (χ1v) is 11.2. The highest BCUT2D eigenvalue weighted by molar-refractivity contribution is 6.30. The van der Waals surface area contributed by atoms with Crippen molar-refractivity contribution in [1.29, 1.82) is 0 Å². The van der Waals surface area contributed by atoms with Crippen LogP contribution in [0.1, 0.15) is 60.7 Å². The van der Waals surface area contributed by atoms with Crippen molar-refractivity contribution in [1.82, 2.24) is 25.1 Å². The molecule has 2 aliphatic rings. The van der Waals surface area contributed by atoms with Crippen molar-refractivity contribution in [2.24, 2.45) is 0 Å². The molecule has 0 radical (unpaired) electrons. The van der Waals surface area contributed by atoms with Crippen LogP contribution in [0.3, 0.4) is 0 Å². The lowest BCUT2D eigenvalue weighted by Crippen LogP contribution is -2.36. The Morgan fingerprint density at radius 3 is 2.73 bits per heavy atom. The standard InChI is InChI=1S/C23H26ClN5O/c24-18-8-6-15(7-9-18)21-17(12-25-28-21)13-29-11-10-20-19(14-29)23(30)27-22(26-20)16-4-2-1-3-5-16/h6-9,12,16H,1-5,10-11,13-14H2,(H,25,28)(H,26,27,30). The Balaban J connectivity index is 1.34. The molecule has 30 heavy (non-hydrogen) atoms. The fraction of sp³-hybridized carbons (Fsp3) is 0.435. The Morgan fingerprint density at radius 1 is 1.13 bits per heavy atom. The lowest BCUT2D eigenvalue weighted by atomic mass is 9.88. The third-order valence-corrected chi connectivity index (χ3v) is 6.65. The van der Waals surface area contributed by atoms with Gasteiger partial charge in [0.15, 0.2) is 0 Å². The first-order valence-electron chi connectivity index (χ1n) is 10.8. The molecule has 2 N–H and O–H groups in total. The number of fused-ring (bicyclic) bond motifs is 1. The van der Waals surface area contributed by atoms with Gasteiger partial charge in [-0.2, -0.15) is 5.10 Å². The van der Waals surface area contributed by atoms with E-state index in [1.807, 2.05) is 30.5 Å². The second kappa shape index (κ2) is 8.36. The van der Waals surface area contributed by atoms with E-state index in [0.717, 1.165) is 66.3 Å². The quantitative estimate of drug-likeness (QED) is 0.651. The number of hydrogen-bond acceptors (Lipinski definition) is 4. The van der Waals surface area contributed by atoms with Gasteiger partial charge in [0.25, 0.3) is 5.56 Å². The van der Waals surface area contributed by atoms with Crippen LogP contribution in [0.2, 0.25) is 5.02 Å². The van der Waals surface area contributed by atoms with Crippen molar-refractivity contribution >= 4 is 11.6 Å². The molecule has 3 aromatic rings. The van der Waals surface area contributed by atoms with Gasteiger partial charge in [-0.15, -0.1) is 0 Å². The first kappa shape index (κ1) is 19.5. The van der Waals surface area contributed by atoms with E-state index in [9.17, 15) is 4.79 Å². The van der Waals surface area contributed by atoms with E-state index >= 15 is 0 Å². The van der Waals surface area contributed by atoms with Crippen LogP contribution >= 0.6 is 11.6 Å². The summed E-state index contributed by atoms with van der Waals surface area (Å²) in [6.45, 7) is 2.24. The molecular formula is C23H26ClN5O. The molecule has 1 aliphatic carbocycles. The van der Waals surface area contributed by atoms with Gasteiger partial charge >= 0.3 is 0 Å². The minimum absolute atomic E-state index is 0.0374. The van der Waals surface area contributed by atoms with Crippen LogP contribution < -0.4 is 5.56 Å². The summed E-state index contributed by atoms with van der Waals surface area (Å²) in [6.07, 6.45) is 8.73. The number of halogens is 1. The molecule has 0 saturated heterocycles. The van der Waals surface area contributed by atoms with Crippen molar-refractivity contribution in [3.63, 3.8) is 0 Å². The molecule has 6 nitrogen and oxygen atoms in total. The van der Waals surface area contributed by atoms with E-state index in [4.69, 9.17) is 16.6 Å². The molecule has 1 aromatic carbocycles. The van der Waals surface area contributed by atoms with Gasteiger partial charge in [-0.05, 0) is 30.5 Å². The maximum Gasteiger partial charge on any atom is 0.255 e. The molecule has 156 valence electrons. The average molecular weight is 424 g/mol. The number of aromatic amines is 2. The summed E-state index contributed by atoms with van der Waals surface area (Å²) in [7, 11) is 0. The molecule has 0 bridgehead atoms. The van der Waals surface area contributed by atoms with Crippen LogP contribution in [-0.4, -0.2) is 31.6 Å². The first-order chi connectivity index (χ1) is 14.7. The van der Waals surface area contributed by atoms with E-state index in [2.05, 4.69) is 20.1 Å². The minimum Gasteiger partial charge on any atom is -0.310 e. The average Bonchev–Trinajstić information content (AvgIpc) is 3.23. The maximum absolute atomic E-state index is 12.8. The van der Waals surface area contributed by atoms with Crippen LogP contribution in [0.15, 0.2) is 35.3 Å². The normalized spacial score (nSPS) is 17.8. The Kier molecular flexibility index (Phi) is 5.44. The van der Waals surface area contributed by atoms with Crippen LogP contribution in [0, 0.1) is 0 Å². The predicted molar refractivity (Wildman–Crippen MR) is 118 cm³/mol. The minimum atomic E-state index is 0.0374. The molecule has 1 aliphatic heterocycles. The fourth-order valence-electron chi connectivity index (χ4n) is 4.74. The Morgan fingerprint density at radius 2 is 1.93 bits per heavy atom. The lowest BCUT2D eigenvalue weighted by molar-refractivity contribution is 0.241. The van der Waals surface area contributed by atoms with Gasteiger partial charge in [0, 0.05) is 42.6 Å². The van der Waals surface area contributed by atoms with Crippen molar-refractivity contribution in [2.45, 2.75) is 57.5 Å². The maximum atomic E-state index is 12.8. The molecule has 0 amide bonds. The number of rotatable bonds is 4. The SMILES string of the molecule is O=c1[nH]c(C2CCCCC2)nc2c1CN(Cc1cn[nH]c1-c1ccc(Cl)cc1)CC2. The summed E-state index contributed by atoms with van der Waals surface area (Å²) >= 11 is 6.02. The molecule has 0 spiro atoms. The summed E-state index contributed by atoms with van der Waals surface area (Å²) in [4.78, 5) is 23.1.